The second kappa shape index (κ2) is 8.87. The highest BCUT2D eigenvalue weighted by molar-refractivity contribution is 5.80. The molecule has 0 radical (unpaired) electrons. The van der Waals surface area contributed by atoms with E-state index in [0.29, 0.717) is 5.92 Å². The summed E-state index contributed by atoms with van der Waals surface area (Å²) in [6, 6.07) is 6.64. The van der Waals surface area contributed by atoms with Crippen molar-refractivity contribution in [1.29, 1.82) is 0 Å². The fraction of sp³-hybridized carbons (Fsp3) is 0.667. The molecule has 0 aromatic heterocycles. The summed E-state index contributed by atoms with van der Waals surface area (Å²) in [6.45, 7) is 13.1. The van der Waals surface area contributed by atoms with Crippen LogP contribution >= 0.6 is 0 Å². The van der Waals surface area contributed by atoms with Crippen LogP contribution in [0.4, 0.5) is 0 Å². The molecule has 0 spiro atoms. The predicted octanol–water partition coefficient (Wildman–Crippen LogP) is 2.59. The van der Waals surface area contributed by atoms with Gasteiger partial charge in [-0.25, -0.2) is 0 Å². The van der Waals surface area contributed by atoms with Crippen LogP contribution in [0.2, 0.25) is 0 Å². The van der Waals surface area contributed by atoms with E-state index in [1.165, 1.54) is 29.7 Å². The maximum Gasteiger partial charge on any atom is 0.194 e. The van der Waals surface area contributed by atoms with Gasteiger partial charge in [0.2, 0.25) is 0 Å². The Morgan fingerprint density at radius 2 is 2.12 bits per heavy atom. The molecule has 1 N–H and O–H groups in total. The van der Waals surface area contributed by atoms with Crippen molar-refractivity contribution in [3.05, 3.63) is 34.9 Å². The fourth-order valence-electron chi connectivity index (χ4n) is 4.03. The van der Waals surface area contributed by atoms with Crippen molar-refractivity contribution in [2.75, 3.05) is 52.9 Å². The highest BCUT2D eigenvalue weighted by Gasteiger charge is 2.26. The number of nitrogens with one attached hydrogen (secondary N) is 1. The molecular weight excluding hydrogens is 324 g/mol. The fourth-order valence-corrected chi connectivity index (χ4v) is 4.03. The number of morpholine rings is 1. The van der Waals surface area contributed by atoms with E-state index in [1.54, 1.807) is 0 Å². The van der Waals surface area contributed by atoms with Crippen molar-refractivity contribution in [3.63, 3.8) is 0 Å². The first-order chi connectivity index (χ1) is 12.6. The second-order valence-corrected chi connectivity index (χ2v) is 7.78. The van der Waals surface area contributed by atoms with Gasteiger partial charge in [0.05, 0.1) is 13.2 Å². The SMILES string of the molecule is CCNC(=NCC1CCN(C)C1)N1CCOC(c2ccc(C)cc2C)C1. The summed E-state index contributed by atoms with van der Waals surface area (Å²) in [7, 11) is 2.20. The van der Waals surface area contributed by atoms with E-state index < -0.39 is 0 Å². The zero-order chi connectivity index (χ0) is 18.5. The molecule has 2 heterocycles. The van der Waals surface area contributed by atoms with Gasteiger partial charge < -0.3 is 19.9 Å². The molecule has 0 bridgehead atoms. The molecule has 3 rings (SSSR count). The van der Waals surface area contributed by atoms with Crippen LogP contribution in [0.15, 0.2) is 23.2 Å². The lowest BCUT2D eigenvalue weighted by atomic mass is 10.00. The molecule has 0 amide bonds. The minimum Gasteiger partial charge on any atom is -0.370 e. The summed E-state index contributed by atoms with van der Waals surface area (Å²) in [4.78, 5) is 9.74. The molecule has 0 aliphatic carbocycles. The maximum absolute atomic E-state index is 6.10. The van der Waals surface area contributed by atoms with Crippen LogP contribution in [0.3, 0.4) is 0 Å². The van der Waals surface area contributed by atoms with Gasteiger partial charge in [0.1, 0.15) is 6.10 Å². The summed E-state index contributed by atoms with van der Waals surface area (Å²) in [5, 5.41) is 3.49. The molecule has 2 fully saturated rings. The highest BCUT2D eigenvalue weighted by atomic mass is 16.5. The summed E-state index contributed by atoms with van der Waals surface area (Å²) < 4.78 is 6.10. The molecule has 2 atom stereocenters. The molecule has 2 unspecified atom stereocenters. The maximum atomic E-state index is 6.10. The van der Waals surface area contributed by atoms with Gasteiger partial charge in [-0.15, -0.1) is 0 Å². The van der Waals surface area contributed by atoms with Gasteiger partial charge in [-0.1, -0.05) is 23.8 Å². The lowest BCUT2D eigenvalue weighted by molar-refractivity contribution is -0.00835. The van der Waals surface area contributed by atoms with Crippen LogP contribution in [0.25, 0.3) is 0 Å². The van der Waals surface area contributed by atoms with Gasteiger partial charge >= 0.3 is 0 Å². The first-order valence-electron chi connectivity index (χ1n) is 9.97. The molecule has 144 valence electrons. The van der Waals surface area contributed by atoms with Crippen LogP contribution in [-0.2, 0) is 4.74 Å². The number of aryl methyl sites for hydroxylation is 2. The number of nitrogens with zero attached hydrogens (tertiary/aromatic N) is 3. The summed E-state index contributed by atoms with van der Waals surface area (Å²) >= 11 is 0. The van der Waals surface area contributed by atoms with Gasteiger partial charge in [-0.2, -0.15) is 0 Å². The monoisotopic (exact) mass is 358 g/mol. The Bertz CT molecular complexity index is 630. The Hall–Kier alpha value is -1.59. The van der Waals surface area contributed by atoms with Crippen LogP contribution < -0.4 is 5.32 Å². The first-order valence-corrected chi connectivity index (χ1v) is 9.97. The third kappa shape index (κ3) is 4.77. The van der Waals surface area contributed by atoms with E-state index in [4.69, 9.17) is 9.73 Å². The van der Waals surface area contributed by atoms with Crippen LogP contribution in [0.1, 0.15) is 36.1 Å². The molecule has 2 aliphatic heterocycles. The summed E-state index contributed by atoms with van der Waals surface area (Å²) in [5.74, 6) is 1.73. The lowest BCUT2D eigenvalue weighted by Crippen LogP contribution is -2.48. The van der Waals surface area contributed by atoms with Gasteiger partial charge in [-0.3, -0.25) is 4.99 Å². The molecule has 2 saturated heterocycles. The Kier molecular flexibility index (Phi) is 6.54. The standard InChI is InChI=1S/C21H34N4O/c1-5-22-21(23-13-18-8-9-24(4)14-18)25-10-11-26-20(15-25)19-7-6-16(2)12-17(19)3/h6-7,12,18,20H,5,8-11,13-15H2,1-4H3,(H,22,23). The van der Waals surface area contributed by atoms with Crippen molar-refractivity contribution in [2.45, 2.75) is 33.3 Å². The number of benzene rings is 1. The van der Waals surface area contributed by atoms with Crippen molar-refractivity contribution in [1.82, 2.24) is 15.1 Å². The van der Waals surface area contributed by atoms with Gasteiger partial charge in [-0.05, 0) is 57.8 Å². The van der Waals surface area contributed by atoms with Gasteiger partial charge in [0.15, 0.2) is 5.96 Å². The molecule has 5 nitrogen and oxygen atoms in total. The molecule has 1 aromatic carbocycles. The Morgan fingerprint density at radius 3 is 2.81 bits per heavy atom. The molecule has 1 aromatic rings. The largest absolute Gasteiger partial charge is 0.370 e. The average molecular weight is 359 g/mol. The second-order valence-electron chi connectivity index (χ2n) is 7.78. The minimum absolute atomic E-state index is 0.117. The molecule has 0 saturated carbocycles. The van der Waals surface area contributed by atoms with E-state index in [0.717, 1.165) is 45.3 Å². The van der Waals surface area contributed by atoms with Crippen molar-refractivity contribution < 1.29 is 4.74 Å². The number of aliphatic imine (C=N–C) groups is 1. The van der Waals surface area contributed by atoms with Gasteiger partial charge in [0.25, 0.3) is 0 Å². The quantitative estimate of drug-likeness (QED) is 0.663. The third-order valence-electron chi connectivity index (χ3n) is 5.46. The van der Waals surface area contributed by atoms with Gasteiger partial charge in [0, 0.05) is 26.2 Å². The number of hydrogen-bond acceptors (Lipinski definition) is 3. The van der Waals surface area contributed by atoms with Crippen molar-refractivity contribution in [2.24, 2.45) is 10.9 Å². The van der Waals surface area contributed by atoms with E-state index >= 15 is 0 Å². The van der Waals surface area contributed by atoms with Crippen LogP contribution in [-0.4, -0.2) is 68.7 Å². The minimum atomic E-state index is 0.117. The molecule has 2 aliphatic rings. The van der Waals surface area contributed by atoms with Crippen molar-refractivity contribution >= 4 is 5.96 Å². The molecule has 26 heavy (non-hydrogen) atoms. The molecular formula is C21H34N4O. The number of ether oxygens (including phenoxy) is 1. The first kappa shape index (κ1) is 19.2. The summed E-state index contributed by atoms with van der Waals surface area (Å²) in [6.07, 6.45) is 1.37. The van der Waals surface area contributed by atoms with E-state index in [9.17, 15) is 0 Å². The number of guanidine groups is 1. The predicted molar refractivity (Wildman–Crippen MR) is 108 cm³/mol. The average Bonchev–Trinajstić information content (AvgIpc) is 3.04. The zero-order valence-corrected chi connectivity index (χ0v) is 16.8. The summed E-state index contributed by atoms with van der Waals surface area (Å²) in [5.41, 5.74) is 3.91. The smallest absolute Gasteiger partial charge is 0.194 e. The zero-order valence-electron chi connectivity index (χ0n) is 16.8. The number of rotatable bonds is 4. The van der Waals surface area contributed by atoms with E-state index in [1.807, 2.05) is 0 Å². The van der Waals surface area contributed by atoms with Crippen LogP contribution in [0, 0.1) is 19.8 Å². The Morgan fingerprint density at radius 1 is 1.27 bits per heavy atom. The highest BCUT2D eigenvalue weighted by Crippen LogP contribution is 2.26. The molecule has 5 heteroatoms. The van der Waals surface area contributed by atoms with Crippen molar-refractivity contribution in [3.8, 4) is 0 Å². The third-order valence-corrected chi connectivity index (χ3v) is 5.46. The van der Waals surface area contributed by atoms with E-state index in [2.05, 4.69) is 61.1 Å². The van der Waals surface area contributed by atoms with Crippen LogP contribution in [0.5, 0.6) is 0 Å². The Labute approximate surface area is 158 Å². The topological polar surface area (TPSA) is 40.1 Å². The normalized spacial score (nSPS) is 24.9. The number of likely N-dealkylation sites (tertiary alicyclic amines) is 1. The Balaban J connectivity index is 1.68. The van der Waals surface area contributed by atoms with E-state index in [-0.39, 0.29) is 6.10 Å². The lowest BCUT2D eigenvalue weighted by Gasteiger charge is -2.36. The number of hydrogen-bond donors (Lipinski definition) is 1.